The van der Waals surface area contributed by atoms with E-state index in [4.69, 9.17) is 16.0 Å². The molecule has 0 spiro atoms. The average Bonchev–Trinajstić information content (AvgIpc) is 2.53. The summed E-state index contributed by atoms with van der Waals surface area (Å²) in [7, 11) is 0. The molecule has 3 rings (SSSR count). The van der Waals surface area contributed by atoms with Gasteiger partial charge >= 0.3 is 5.63 Å². The maximum Gasteiger partial charge on any atom is 0.336 e. The second-order valence-corrected chi connectivity index (χ2v) is 5.30. The van der Waals surface area contributed by atoms with Gasteiger partial charge in [0.25, 0.3) is 5.91 Å². The molecule has 116 valence electrons. The Labute approximate surface area is 135 Å². The lowest BCUT2D eigenvalue weighted by Crippen LogP contribution is -2.23. The van der Waals surface area contributed by atoms with Crippen LogP contribution in [-0.2, 0) is 6.54 Å². The maximum absolute atomic E-state index is 13.4. The van der Waals surface area contributed by atoms with Crippen molar-refractivity contribution in [3.63, 3.8) is 0 Å². The average molecular weight is 332 g/mol. The van der Waals surface area contributed by atoms with Crippen LogP contribution in [0.15, 0.2) is 57.7 Å². The molecule has 0 aliphatic heterocycles. The maximum atomic E-state index is 13.4. The SMILES string of the molecule is O=C(NCc1cc(=O)oc2ccc(F)cc12)c1ccccc1Cl. The van der Waals surface area contributed by atoms with E-state index in [0.29, 0.717) is 21.5 Å². The zero-order valence-electron chi connectivity index (χ0n) is 11.8. The Bertz CT molecular complexity index is 952. The molecule has 1 aromatic heterocycles. The third-order valence-electron chi connectivity index (χ3n) is 3.35. The van der Waals surface area contributed by atoms with Crippen LogP contribution in [0.4, 0.5) is 4.39 Å². The highest BCUT2D eigenvalue weighted by atomic mass is 35.5. The highest BCUT2D eigenvalue weighted by Crippen LogP contribution is 2.19. The number of rotatable bonds is 3. The summed E-state index contributed by atoms with van der Waals surface area (Å²) in [6.45, 7) is 0.0512. The van der Waals surface area contributed by atoms with E-state index in [1.807, 2.05) is 0 Å². The summed E-state index contributed by atoms with van der Waals surface area (Å²) in [5.41, 5.74) is 0.496. The largest absolute Gasteiger partial charge is 0.423 e. The fourth-order valence-electron chi connectivity index (χ4n) is 2.26. The van der Waals surface area contributed by atoms with E-state index < -0.39 is 11.4 Å². The van der Waals surface area contributed by atoms with Crippen LogP contribution in [0.5, 0.6) is 0 Å². The monoisotopic (exact) mass is 331 g/mol. The minimum Gasteiger partial charge on any atom is -0.423 e. The quantitative estimate of drug-likeness (QED) is 0.747. The van der Waals surface area contributed by atoms with E-state index in [-0.39, 0.29) is 18.0 Å². The summed E-state index contributed by atoms with van der Waals surface area (Å²) < 4.78 is 18.4. The Morgan fingerprint density at radius 3 is 2.74 bits per heavy atom. The summed E-state index contributed by atoms with van der Waals surface area (Å²) in [5, 5.41) is 3.43. The molecule has 6 heteroatoms. The van der Waals surface area contributed by atoms with Gasteiger partial charge in [-0.3, -0.25) is 4.79 Å². The molecule has 0 fully saturated rings. The normalized spacial score (nSPS) is 10.7. The van der Waals surface area contributed by atoms with Gasteiger partial charge < -0.3 is 9.73 Å². The number of halogens is 2. The molecule has 0 saturated carbocycles. The van der Waals surface area contributed by atoms with Gasteiger partial charge in [-0.2, -0.15) is 0 Å². The number of hydrogen-bond acceptors (Lipinski definition) is 3. The van der Waals surface area contributed by atoms with Gasteiger partial charge in [0.05, 0.1) is 10.6 Å². The van der Waals surface area contributed by atoms with Crippen molar-refractivity contribution in [2.45, 2.75) is 6.54 Å². The van der Waals surface area contributed by atoms with Gasteiger partial charge in [0, 0.05) is 18.0 Å². The summed E-state index contributed by atoms with van der Waals surface area (Å²) in [5.74, 6) is -0.835. The van der Waals surface area contributed by atoms with Crippen molar-refractivity contribution in [2.75, 3.05) is 0 Å². The predicted molar refractivity (Wildman–Crippen MR) is 85.1 cm³/mol. The molecule has 0 aliphatic rings. The summed E-state index contributed by atoms with van der Waals surface area (Å²) >= 11 is 5.97. The van der Waals surface area contributed by atoms with E-state index >= 15 is 0 Å². The van der Waals surface area contributed by atoms with Crippen molar-refractivity contribution in [3.05, 3.63) is 80.9 Å². The van der Waals surface area contributed by atoms with E-state index in [0.717, 1.165) is 0 Å². The number of hydrogen-bond donors (Lipinski definition) is 1. The standard InChI is InChI=1S/C17H11ClFNO3/c18-14-4-2-1-3-12(14)17(22)20-9-10-7-16(21)23-15-6-5-11(19)8-13(10)15/h1-8H,9H2,(H,20,22). The number of carbonyl (C=O) groups is 1. The number of fused-ring (bicyclic) bond motifs is 1. The van der Waals surface area contributed by atoms with Crippen LogP contribution in [0.1, 0.15) is 15.9 Å². The first-order valence-electron chi connectivity index (χ1n) is 6.79. The number of benzene rings is 2. The van der Waals surface area contributed by atoms with Crippen LogP contribution in [0.3, 0.4) is 0 Å². The first-order valence-corrected chi connectivity index (χ1v) is 7.17. The third kappa shape index (κ3) is 3.24. The van der Waals surface area contributed by atoms with Gasteiger partial charge in [0.2, 0.25) is 0 Å². The minimum atomic E-state index is -0.564. The van der Waals surface area contributed by atoms with E-state index in [9.17, 15) is 14.0 Å². The van der Waals surface area contributed by atoms with Gasteiger partial charge in [-0.15, -0.1) is 0 Å². The zero-order valence-corrected chi connectivity index (χ0v) is 12.6. The molecule has 4 nitrogen and oxygen atoms in total. The van der Waals surface area contributed by atoms with E-state index in [1.165, 1.54) is 24.3 Å². The van der Waals surface area contributed by atoms with E-state index in [2.05, 4.69) is 5.32 Å². The minimum absolute atomic E-state index is 0.0512. The lowest BCUT2D eigenvalue weighted by molar-refractivity contribution is 0.0951. The summed E-state index contributed by atoms with van der Waals surface area (Å²) in [6.07, 6.45) is 0. The fourth-order valence-corrected chi connectivity index (χ4v) is 2.48. The van der Waals surface area contributed by atoms with Crippen LogP contribution in [0.2, 0.25) is 5.02 Å². The molecule has 0 bridgehead atoms. The highest BCUT2D eigenvalue weighted by molar-refractivity contribution is 6.33. The van der Waals surface area contributed by atoms with Gasteiger partial charge in [-0.1, -0.05) is 23.7 Å². The number of nitrogens with one attached hydrogen (secondary N) is 1. The topological polar surface area (TPSA) is 59.3 Å². The van der Waals surface area contributed by atoms with Crippen LogP contribution < -0.4 is 10.9 Å². The predicted octanol–water partition coefficient (Wildman–Crippen LogP) is 3.52. The lowest BCUT2D eigenvalue weighted by Gasteiger charge is -2.08. The van der Waals surface area contributed by atoms with Crippen molar-refractivity contribution in [1.82, 2.24) is 5.32 Å². The van der Waals surface area contributed by atoms with Gasteiger partial charge in [-0.25, -0.2) is 9.18 Å². The van der Waals surface area contributed by atoms with Crippen molar-refractivity contribution < 1.29 is 13.6 Å². The molecule has 1 heterocycles. The zero-order chi connectivity index (χ0) is 16.4. The van der Waals surface area contributed by atoms with Crippen molar-refractivity contribution in [3.8, 4) is 0 Å². The second-order valence-electron chi connectivity index (χ2n) is 4.89. The molecule has 0 unspecified atom stereocenters. The van der Waals surface area contributed by atoms with Crippen molar-refractivity contribution in [2.24, 2.45) is 0 Å². The number of amides is 1. The first kappa shape index (κ1) is 15.2. The molecule has 0 aliphatic carbocycles. The second kappa shape index (κ2) is 6.22. The Morgan fingerprint density at radius 1 is 1.17 bits per heavy atom. The molecule has 23 heavy (non-hydrogen) atoms. The molecule has 2 aromatic carbocycles. The van der Waals surface area contributed by atoms with Crippen molar-refractivity contribution >= 4 is 28.5 Å². The van der Waals surface area contributed by atoms with Crippen LogP contribution in [0.25, 0.3) is 11.0 Å². The number of carbonyl (C=O) groups excluding carboxylic acids is 1. The van der Waals surface area contributed by atoms with Crippen molar-refractivity contribution in [1.29, 1.82) is 0 Å². The van der Waals surface area contributed by atoms with E-state index in [1.54, 1.807) is 24.3 Å². The van der Waals surface area contributed by atoms with Crippen LogP contribution in [-0.4, -0.2) is 5.91 Å². The Morgan fingerprint density at radius 2 is 1.96 bits per heavy atom. The molecule has 1 amide bonds. The molecule has 3 aromatic rings. The third-order valence-corrected chi connectivity index (χ3v) is 3.68. The Balaban J connectivity index is 1.90. The fraction of sp³-hybridized carbons (Fsp3) is 0.0588. The highest BCUT2D eigenvalue weighted by Gasteiger charge is 2.11. The Kier molecular flexibility index (Phi) is 4.12. The van der Waals surface area contributed by atoms with Gasteiger partial charge in [-0.05, 0) is 35.9 Å². The molecular formula is C17H11ClFNO3. The molecule has 1 N–H and O–H groups in total. The molecule has 0 saturated heterocycles. The molecule has 0 atom stereocenters. The van der Waals surface area contributed by atoms with Gasteiger partial charge in [0.15, 0.2) is 0 Å². The molecule has 0 radical (unpaired) electrons. The van der Waals surface area contributed by atoms with Crippen LogP contribution >= 0.6 is 11.6 Å². The van der Waals surface area contributed by atoms with Gasteiger partial charge in [0.1, 0.15) is 11.4 Å². The summed E-state index contributed by atoms with van der Waals surface area (Å²) in [6, 6.07) is 11.7. The molecular weight excluding hydrogens is 321 g/mol. The first-order chi connectivity index (χ1) is 11.0. The lowest BCUT2D eigenvalue weighted by atomic mass is 10.1. The smallest absolute Gasteiger partial charge is 0.336 e. The summed E-state index contributed by atoms with van der Waals surface area (Å²) in [4.78, 5) is 23.7. The Hall–Kier alpha value is -2.66. The van der Waals surface area contributed by atoms with Crippen LogP contribution in [0, 0.1) is 5.82 Å².